The zero-order chi connectivity index (χ0) is 26.4. The molecule has 0 aromatic heterocycles. The van der Waals surface area contributed by atoms with Crippen LogP contribution in [0.25, 0.3) is 21.9 Å². The van der Waals surface area contributed by atoms with E-state index in [2.05, 4.69) is 0 Å². The maximum atomic E-state index is 13.1. The molecule has 0 bridgehead atoms. The molecule has 0 aliphatic rings. The van der Waals surface area contributed by atoms with Crippen LogP contribution in [-0.4, -0.2) is 50.5 Å². The van der Waals surface area contributed by atoms with Crippen molar-refractivity contribution in [3.63, 3.8) is 0 Å². The van der Waals surface area contributed by atoms with Gasteiger partial charge >= 0.3 is 6.09 Å². The highest BCUT2D eigenvalue weighted by Crippen LogP contribution is 2.44. The first-order valence-corrected chi connectivity index (χ1v) is 12.3. The van der Waals surface area contributed by atoms with E-state index >= 15 is 0 Å². The first-order valence-electron chi connectivity index (χ1n) is 12.3. The number of methoxy groups -OCH3 is 2. The van der Waals surface area contributed by atoms with Crippen LogP contribution in [0.3, 0.4) is 0 Å². The summed E-state index contributed by atoms with van der Waals surface area (Å²) in [4.78, 5) is 14.7. The Labute approximate surface area is 213 Å². The van der Waals surface area contributed by atoms with Crippen LogP contribution >= 0.6 is 0 Å². The van der Waals surface area contributed by atoms with E-state index in [1.807, 2.05) is 84.0 Å². The average Bonchev–Trinajstić information content (AvgIpc) is 2.84. The van der Waals surface area contributed by atoms with E-state index in [0.29, 0.717) is 41.8 Å². The topological polar surface area (TPSA) is 66.5 Å². The van der Waals surface area contributed by atoms with Gasteiger partial charge in [0, 0.05) is 24.0 Å². The molecule has 0 heterocycles. The Morgan fingerprint density at radius 2 is 1.39 bits per heavy atom. The van der Waals surface area contributed by atoms with Crippen molar-refractivity contribution in [3.8, 4) is 39.9 Å². The van der Waals surface area contributed by atoms with Gasteiger partial charge in [-0.25, -0.2) is 4.79 Å². The molecule has 0 saturated carbocycles. The summed E-state index contributed by atoms with van der Waals surface area (Å²) < 4.78 is 29.2. The maximum Gasteiger partial charge on any atom is 0.415 e. The number of ether oxygens (including phenoxy) is 5. The highest BCUT2D eigenvalue weighted by molar-refractivity contribution is 5.99. The Morgan fingerprint density at radius 3 is 1.94 bits per heavy atom. The SMILES string of the molecule is CCN(CC)C(=O)Oc1c(-c2ccc(OC)c(OC)c2)ccc2cc(OC(C)C)c(OC(C)C)cc12. The van der Waals surface area contributed by atoms with Crippen molar-refractivity contribution in [1.82, 2.24) is 4.90 Å². The lowest BCUT2D eigenvalue weighted by Crippen LogP contribution is -2.33. The van der Waals surface area contributed by atoms with Crippen LogP contribution in [0.15, 0.2) is 42.5 Å². The van der Waals surface area contributed by atoms with Crippen LogP contribution in [0.4, 0.5) is 4.79 Å². The standard InChI is InChI=1S/C29H37NO6/c1-9-30(10-2)29(31)36-28-22(20-12-14-24(32-7)25(15-20)33-8)13-11-21-16-26(34-18(3)4)27(17-23(21)28)35-19(5)6/h11-19H,9-10H2,1-8H3. The monoisotopic (exact) mass is 495 g/mol. The summed E-state index contributed by atoms with van der Waals surface area (Å²) in [6.45, 7) is 12.8. The van der Waals surface area contributed by atoms with Gasteiger partial charge in [0.15, 0.2) is 23.0 Å². The zero-order valence-corrected chi connectivity index (χ0v) is 22.5. The fourth-order valence-corrected chi connectivity index (χ4v) is 3.97. The van der Waals surface area contributed by atoms with Crippen molar-refractivity contribution in [2.24, 2.45) is 0 Å². The van der Waals surface area contributed by atoms with Crippen LogP contribution in [0.5, 0.6) is 28.7 Å². The van der Waals surface area contributed by atoms with E-state index in [1.54, 1.807) is 19.1 Å². The first-order chi connectivity index (χ1) is 17.2. The van der Waals surface area contributed by atoms with E-state index in [4.69, 9.17) is 23.7 Å². The number of hydrogen-bond donors (Lipinski definition) is 0. The van der Waals surface area contributed by atoms with E-state index < -0.39 is 6.09 Å². The summed E-state index contributed by atoms with van der Waals surface area (Å²) in [5.41, 5.74) is 1.57. The molecule has 1 amide bonds. The molecule has 7 heteroatoms. The van der Waals surface area contributed by atoms with Gasteiger partial charge in [0.1, 0.15) is 5.75 Å². The third-order valence-electron chi connectivity index (χ3n) is 5.67. The molecule has 3 aromatic carbocycles. The van der Waals surface area contributed by atoms with Gasteiger partial charge in [-0.3, -0.25) is 0 Å². The van der Waals surface area contributed by atoms with E-state index in [0.717, 1.165) is 21.9 Å². The fourth-order valence-electron chi connectivity index (χ4n) is 3.97. The van der Waals surface area contributed by atoms with E-state index in [9.17, 15) is 4.79 Å². The second-order valence-electron chi connectivity index (χ2n) is 8.91. The van der Waals surface area contributed by atoms with Gasteiger partial charge in [-0.05, 0) is 82.8 Å². The lowest BCUT2D eigenvalue weighted by atomic mass is 9.98. The van der Waals surface area contributed by atoms with Crippen molar-refractivity contribution in [1.29, 1.82) is 0 Å². The quantitative estimate of drug-likeness (QED) is 0.304. The number of fused-ring (bicyclic) bond motifs is 1. The van der Waals surface area contributed by atoms with Gasteiger partial charge in [0.05, 0.1) is 26.4 Å². The maximum absolute atomic E-state index is 13.1. The molecular formula is C29H37NO6. The van der Waals surface area contributed by atoms with Crippen LogP contribution in [0.2, 0.25) is 0 Å². The number of amides is 1. The van der Waals surface area contributed by atoms with Crippen LogP contribution in [0.1, 0.15) is 41.5 Å². The van der Waals surface area contributed by atoms with Crippen molar-refractivity contribution in [2.45, 2.75) is 53.8 Å². The Balaban J connectivity index is 2.29. The second kappa shape index (κ2) is 11.9. The molecule has 0 spiro atoms. The molecular weight excluding hydrogens is 458 g/mol. The summed E-state index contributed by atoms with van der Waals surface area (Å²) in [5, 5.41) is 1.61. The molecule has 0 aliphatic heterocycles. The molecule has 0 radical (unpaired) electrons. The normalized spacial score (nSPS) is 11.1. The van der Waals surface area contributed by atoms with Crippen molar-refractivity contribution < 1.29 is 28.5 Å². The number of benzene rings is 3. The summed E-state index contributed by atoms with van der Waals surface area (Å²) >= 11 is 0. The predicted octanol–water partition coefficient (Wildman–Crippen LogP) is 6.94. The number of hydrogen-bond acceptors (Lipinski definition) is 6. The molecule has 0 N–H and O–H groups in total. The first kappa shape index (κ1) is 27.0. The third-order valence-corrected chi connectivity index (χ3v) is 5.67. The van der Waals surface area contributed by atoms with Crippen molar-refractivity contribution >= 4 is 16.9 Å². The van der Waals surface area contributed by atoms with E-state index in [1.165, 1.54) is 0 Å². The van der Waals surface area contributed by atoms with Crippen LogP contribution in [-0.2, 0) is 0 Å². The van der Waals surface area contributed by atoms with Gasteiger partial charge in [0.2, 0.25) is 0 Å². The largest absolute Gasteiger partial charge is 0.493 e. The molecule has 0 unspecified atom stereocenters. The minimum atomic E-state index is -0.414. The minimum Gasteiger partial charge on any atom is -0.493 e. The molecule has 0 aliphatic carbocycles. The van der Waals surface area contributed by atoms with Gasteiger partial charge in [-0.1, -0.05) is 12.1 Å². The lowest BCUT2D eigenvalue weighted by Gasteiger charge is -2.22. The Hall–Kier alpha value is -3.61. The van der Waals surface area contributed by atoms with Crippen molar-refractivity contribution in [3.05, 3.63) is 42.5 Å². The van der Waals surface area contributed by atoms with Crippen LogP contribution < -0.4 is 23.7 Å². The molecule has 0 saturated heterocycles. The van der Waals surface area contributed by atoms with Crippen LogP contribution in [0, 0.1) is 0 Å². The van der Waals surface area contributed by atoms with E-state index in [-0.39, 0.29) is 12.2 Å². The Morgan fingerprint density at radius 1 is 0.778 bits per heavy atom. The zero-order valence-electron chi connectivity index (χ0n) is 22.5. The fraction of sp³-hybridized carbons (Fsp3) is 0.414. The highest BCUT2D eigenvalue weighted by Gasteiger charge is 2.21. The van der Waals surface area contributed by atoms with Gasteiger partial charge < -0.3 is 28.6 Å². The molecule has 0 atom stereocenters. The molecule has 194 valence electrons. The predicted molar refractivity (Wildman–Crippen MR) is 143 cm³/mol. The van der Waals surface area contributed by atoms with Gasteiger partial charge in [-0.15, -0.1) is 0 Å². The Bertz CT molecular complexity index is 1200. The molecule has 3 rings (SSSR count). The summed E-state index contributed by atoms with van der Waals surface area (Å²) in [6.07, 6.45) is -0.501. The Kier molecular flexibility index (Phi) is 8.91. The van der Waals surface area contributed by atoms with Gasteiger partial charge in [0.25, 0.3) is 0 Å². The minimum absolute atomic E-state index is 0.0250. The summed E-state index contributed by atoms with van der Waals surface area (Å²) in [5.74, 6) is 2.88. The molecule has 3 aromatic rings. The summed E-state index contributed by atoms with van der Waals surface area (Å²) in [6, 6.07) is 13.4. The average molecular weight is 496 g/mol. The smallest absolute Gasteiger partial charge is 0.415 e. The highest BCUT2D eigenvalue weighted by atomic mass is 16.6. The third kappa shape index (κ3) is 5.96. The lowest BCUT2D eigenvalue weighted by molar-refractivity contribution is 0.158. The van der Waals surface area contributed by atoms with Gasteiger partial charge in [-0.2, -0.15) is 0 Å². The molecule has 36 heavy (non-hydrogen) atoms. The number of rotatable bonds is 10. The number of carbonyl (C=O) groups is 1. The second-order valence-corrected chi connectivity index (χ2v) is 8.91. The van der Waals surface area contributed by atoms with Crippen molar-refractivity contribution in [2.75, 3.05) is 27.3 Å². The number of nitrogens with zero attached hydrogens (tertiary/aromatic N) is 1. The summed E-state index contributed by atoms with van der Waals surface area (Å²) in [7, 11) is 3.19. The number of carbonyl (C=O) groups excluding carboxylic acids is 1. The molecule has 0 fully saturated rings. The molecule has 7 nitrogen and oxygen atoms in total.